The highest BCUT2D eigenvalue weighted by Gasteiger charge is 2.35. The van der Waals surface area contributed by atoms with Crippen molar-refractivity contribution >= 4 is 11.4 Å². The summed E-state index contributed by atoms with van der Waals surface area (Å²) in [6.07, 6.45) is 9.99. The van der Waals surface area contributed by atoms with Gasteiger partial charge in [-0.05, 0) is 72.4 Å². The highest BCUT2D eigenvalue weighted by atomic mass is 15.1. The number of fused-ring (bicyclic) bond motifs is 3. The Morgan fingerprint density at radius 1 is 0.806 bits per heavy atom. The molecule has 0 aliphatic heterocycles. The van der Waals surface area contributed by atoms with E-state index >= 15 is 0 Å². The van der Waals surface area contributed by atoms with Crippen LogP contribution in [0.4, 0.5) is 11.4 Å². The molecule has 0 saturated carbocycles. The maximum atomic E-state index is 2.39. The summed E-state index contributed by atoms with van der Waals surface area (Å²) in [6, 6.07) is 24.6. The Bertz CT molecular complexity index is 1240. The molecule has 0 N–H and O–H groups in total. The Kier molecular flexibility index (Phi) is 4.70. The van der Waals surface area contributed by atoms with Crippen LogP contribution in [0.5, 0.6) is 0 Å². The van der Waals surface area contributed by atoms with E-state index in [-0.39, 0.29) is 5.41 Å². The van der Waals surface area contributed by atoms with Crippen molar-refractivity contribution in [3.63, 3.8) is 0 Å². The van der Waals surface area contributed by atoms with Gasteiger partial charge < -0.3 is 4.90 Å². The molecule has 1 heteroatoms. The Morgan fingerprint density at radius 2 is 1.52 bits per heavy atom. The summed E-state index contributed by atoms with van der Waals surface area (Å²) in [4.78, 5) is 2.34. The molecule has 0 fully saturated rings. The van der Waals surface area contributed by atoms with Gasteiger partial charge in [0.15, 0.2) is 0 Å². The molecule has 0 atom stereocenters. The van der Waals surface area contributed by atoms with E-state index in [1.165, 1.54) is 50.3 Å². The van der Waals surface area contributed by atoms with Crippen molar-refractivity contribution in [1.29, 1.82) is 0 Å². The molecule has 0 bridgehead atoms. The molecule has 0 radical (unpaired) electrons. The van der Waals surface area contributed by atoms with E-state index < -0.39 is 0 Å². The van der Waals surface area contributed by atoms with Gasteiger partial charge in [-0.3, -0.25) is 0 Å². The van der Waals surface area contributed by atoms with E-state index in [1.807, 2.05) is 0 Å². The molecule has 0 amide bonds. The number of rotatable bonds is 3. The molecule has 3 aromatic carbocycles. The Hall–Kier alpha value is -3.32. The summed E-state index contributed by atoms with van der Waals surface area (Å²) >= 11 is 0. The van der Waals surface area contributed by atoms with Gasteiger partial charge in [0.25, 0.3) is 0 Å². The van der Waals surface area contributed by atoms with E-state index in [0.29, 0.717) is 0 Å². The van der Waals surface area contributed by atoms with Gasteiger partial charge in [0.2, 0.25) is 0 Å². The predicted octanol–water partition coefficient (Wildman–Crippen LogP) is 8.23. The summed E-state index contributed by atoms with van der Waals surface area (Å²) in [5.41, 5.74) is 11.8. The molecule has 5 rings (SSSR count). The summed E-state index contributed by atoms with van der Waals surface area (Å²) in [6.45, 7) is 8.98. The van der Waals surface area contributed by atoms with Gasteiger partial charge in [0, 0.05) is 23.0 Å². The Morgan fingerprint density at radius 3 is 2.29 bits per heavy atom. The van der Waals surface area contributed by atoms with Gasteiger partial charge in [0.05, 0.1) is 0 Å². The number of benzene rings is 3. The first-order valence-electron chi connectivity index (χ1n) is 11.1. The lowest BCUT2D eigenvalue weighted by atomic mass is 9.82. The van der Waals surface area contributed by atoms with E-state index in [1.54, 1.807) is 0 Å². The molecular formula is C30H29N. The summed E-state index contributed by atoms with van der Waals surface area (Å²) < 4.78 is 0. The zero-order valence-electron chi connectivity index (χ0n) is 18.8. The van der Waals surface area contributed by atoms with Crippen LogP contribution in [0.2, 0.25) is 0 Å². The van der Waals surface area contributed by atoms with Crippen molar-refractivity contribution in [1.82, 2.24) is 0 Å². The number of aryl methyl sites for hydroxylation is 1. The molecule has 0 saturated heterocycles. The number of hydrogen-bond acceptors (Lipinski definition) is 1. The third-order valence-corrected chi connectivity index (χ3v) is 6.60. The van der Waals surface area contributed by atoms with Crippen molar-refractivity contribution in [3.8, 4) is 11.1 Å². The third kappa shape index (κ3) is 3.45. The van der Waals surface area contributed by atoms with Crippen molar-refractivity contribution in [2.24, 2.45) is 0 Å². The monoisotopic (exact) mass is 403 g/mol. The van der Waals surface area contributed by atoms with Crippen molar-refractivity contribution in [2.75, 3.05) is 4.90 Å². The van der Waals surface area contributed by atoms with Crippen LogP contribution < -0.4 is 4.90 Å². The van der Waals surface area contributed by atoms with Gasteiger partial charge in [-0.1, -0.05) is 85.7 Å². The lowest BCUT2D eigenvalue weighted by Gasteiger charge is -2.26. The maximum Gasteiger partial charge on any atom is 0.0459 e. The Balaban J connectivity index is 1.64. The highest BCUT2D eigenvalue weighted by Crippen LogP contribution is 2.49. The van der Waals surface area contributed by atoms with E-state index in [9.17, 15) is 0 Å². The van der Waals surface area contributed by atoms with Crippen LogP contribution in [-0.4, -0.2) is 0 Å². The van der Waals surface area contributed by atoms with Crippen LogP contribution in [0.1, 0.15) is 43.9 Å². The molecular weight excluding hydrogens is 374 g/mol. The maximum absolute atomic E-state index is 2.39. The fourth-order valence-corrected chi connectivity index (χ4v) is 4.88. The normalized spacial score (nSPS) is 17.3. The molecule has 31 heavy (non-hydrogen) atoms. The smallest absolute Gasteiger partial charge is 0.0459 e. The van der Waals surface area contributed by atoms with Crippen LogP contribution in [0, 0.1) is 6.92 Å². The quantitative estimate of drug-likeness (QED) is 0.426. The second-order valence-electron chi connectivity index (χ2n) is 9.30. The van der Waals surface area contributed by atoms with Crippen LogP contribution in [-0.2, 0) is 5.41 Å². The molecule has 0 aromatic heterocycles. The molecule has 3 aromatic rings. The minimum absolute atomic E-state index is 0.00189. The Labute approximate surface area is 186 Å². The number of allylic oxidation sites excluding steroid dienone is 5. The number of nitrogens with zero attached hydrogens (tertiary/aromatic N) is 1. The third-order valence-electron chi connectivity index (χ3n) is 6.60. The number of anilines is 2. The van der Waals surface area contributed by atoms with Crippen molar-refractivity contribution in [3.05, 3.63) is 119 Å². The summed E-state index contributed by atoms with van der Waals surface area (Å²) in [7, 11) is 0. The second-order valence-corrected chi connectivity index (χ2v) is 9.30. The summed E-state index contributed by atoms with van der Waals surface area (Å²) in [5.74, 6) is 0. The van der Waals surface area contributed by atoms with Gasteiger partial charge in [0.1, 0.15) is 0 Å². The fourth-order valence-electron chi connectivity index (χ4n) is 4.88. The molecule has 2 aliphatic carbocycles. The lowest BCUT2D eigenvalue weighted by molar-refractivity contribution is 0.660. The summed E-state index contributed by atoms with van der Waals surface area (Å²) in [5, 5.41) is 0. The van der Waals surface area contributed by atoms with Crippen LogP contribution in [0.15, 0.2) is 102 Å². The minimum Gasteiger partial charge on any atom is -0.317 e. The predicted molar refractivity (Wildman–Crippen MR) is 133 cm³/mol. The van der Waals surface area contributed by atoms with Crippen molar-refractivity contribution < 1.29 is 0 Å². The first kappa shape index (κ1) is 19.6. The van der Waals surface area contributed by atoms with E-state index in [0.717, 1.165) is 6.42 Å². The zero-order chi connectivity index (χ0) is 21.6. The topological polar surface area (TPSA) is 3.24 Å². The lowest BCUT2D eigenvalue weighted by Crippen LogP contribution is -2.16. The van der Waals surface area contributed by atoms with Gasteiger partial charge in [-0.15, -0.1) is 0 Å². The molecule has 0 heterocycles. The standard InChI is InChI=1S/C30H29N/c1-21-12-14-24(15-13-21)31(20-23-9-7-8-22(2)18-23)25-16-17-27-26-10-5-6-11-28(26)30(3,4)29(27)19-25/h5-8,10-20H,9H2,1-4H3/b23-20-. The molecule has 0 spiro atoms. The van der Waals surface area contributed by atoms with Crippen LogP contribution in [0.3, 0.4) is 0 Å². The first-order valence-corrected chi connectivity index (χ1v) is 11.1. The molecule has 1 nitrogen and oxygen atoms in total. The fraction of sp³-hybridized carbons (Fsp3) is 0.200. The van der Waals surface area contributed by atoms with E-state index in [2.05, 4.69) is 124 Å². The van der Waals surface area contributed by atoms with Crippen molar-refractivity contribution in [2.45, 2.75) is 39.5 Å². The zero-order valence-corrected chi connectivity index (χ0v) is 18.8. The minimum atomic E-state index is -0.00189. The molecule has 0 unspecified atom stereocenters. The van der Waals surface area contributed by atoms with Crippen LogP contribution in [0.25, 0.3) is 11.1 Å². The first-order chi connectivity index (χ1) is 14.9. The number of hydrogen-bond donors (Lipinski definition) is 0. The second kappa shape index (κ2) is 7.42. The van der Waals surface area contributed by atoms with E-state index in [4.69, 9.17) is 0 Å². The molecule has 154 valence electrons. The largest absolute Gasteiger partial charge is 0.317 e. The van der Waals surface area contributed by atoms with Gasteiger partial charge in [-0.2, -0.15) is 0 Å². The molecule has 2 aliphatic rings. The highest BCUT2D eigenvalue weighted by molar-refractivity contribution is 5.83. The van der Waals surface area contributed by atoms with Gasteiger partial charge in [-0.25, -0.2) is 0 Å². The average molecular weight is 404 g/mol. The average Bonchev–Trinajstić information content (AvgIpc) is 3.00. The van der Waals surface area contributed by atoms with Crippen LogP contribution >= 0.6 is 0 Å². The van der Waals surface area contributed by atoms with Gasteiger partial charge >= 0.3 is 0 Å². The SMILES string of the molecule is CC1=C/C(=C\N(c2ccc(C)cc2)c2ccc3c(c2)C(C)(C)c2ccccc2-3)CC=C1.